The Balaban J connectivity index is 2.30. The summed E-state index contributed by atoms with van der Waals surface area (Å²) in [6.07, 6.45) is 3.09. The monoisotopic (exact) mass is 358 g/mol. The van der Waals surface area contributed by atoms with Crippen LogP contribution in [0.25, 0.3) is 0 Å². The van der Waals surface area contributed by atoms with Crippen LogP contribution in [0.4, 0.5) is 11.8 Å². The van der Waals surface area contributed by atoms with Crippen LogP contribution < -0.4 is 11.1 Å². The van der Waals surface area contributed by atoms with E-state index >= 15 is 0 Å². The van der Waals surface area contributed by atoms with Gasteiger partial charge in [-0.15, -0.1) is 0 Å². The Morgan fingerprint density at radius 2 is 1.92 bits per heavy atom. The molecule has 2 rings (SSSR count). The molecule has 0 fully saturated rings. The fourth-order valence-electron chi connectivity index (χ4n) is 2.90. The molecule has 0 aliphatic rings. The first-order valence-corrected chi connectivity index (χ1v) is 8.77. The van der Waals surface area contributed by atoms with E-state index in [2.05, 4.69) is 22.2 Å². The Hall–Kier alpha value is -2.67. The number of carbonyl (C=O) groups is 1. The number of nitrogens with two attached hydrogens (primary N) is 1. The van der Waals surface area contributed by atoms with Crippen molar-refractivity contribution in [3.63, 3.8) is 0 Å². The van der Waals surface area contributed by atoms with E-state index in [-0.39, 0.29) is 24.2 Å². The molecular formula is C19H26N4O3. The number of hydrogen-bond donors (Lipinski definition) is 4. The van der Waals surface area contributed by atoms with Crippen LogP contribution in [-0.4, -0.2) is 38.8 Å². The predicted molar refractivity (Wildman–Crippen MR) is 101 cm³/mol. The molecule has 0 spiro atoms. The molecule has 7 heteroatoms. The molecule has 0 saturated carbocycles. The van der Waals surface area contributed by atoms with Crippen molar-refractivity contribution in [2.75, 3.05) is 17.7 Å². The van der Waals surface area contributed by atoms with Gasteiger partial charge in [0.05, 0.1) is 5.56 Å². The summed E-state index contributed by atoms with van der Waals surface area (Å²) in [7, 11) is 0. The fourth-order valence-corrected chi connectivity index (χ4v) is 2.90. The molecule has 1 heterocycles. The Kier molecular flexibility index (Phi) is 6.91. The lowest BCUT2D eigenvalue weighted by Crippen LogP contribution is -2.23. The molecule has 0 aliphatic carbocycles. The predicted octanol–water partition coefficient (Wildman–Crippen LogP) is 2.62. The quantitative estimate of drug-likeness (QED) is 0.543. The van der Waals surface area contributed by atoms with E-state index in [1.165, 1.54) is 0 Å². The van der Waals surface area contributed by atoms with Crippen LogP contribution in [-0.2, 0) is 6.42 Å². The van der Waals surface area contributed by atoms with E-state index in [9.17, 15) is 9.90 Å². The van der Waals surface area contributed by atoms with E-state index in [1.807, 2.05) is 6.92 Å². The standard InChI is InChI=1S/C19H26N4O3/c1-3-4-15(9-10-24)22-17-16(12(2)21-19(20)23-17)11-13-5-7-14(8-6-13)18(25)26/h5-8,15,24H,3-4,9-11H2,1-2H3,(H,25,26)(H3,20,21,22,23). The number of aryl methyl sites for hydroxylation is 1. The van der Waals surface area contributed by atoms with Gasteiger partial charge in [-0.05, 0) is 37.5 Å². The summed E-state index contributed by atoms with van der Waals surface area (Å²) in [5.41, 5.74) is 8.73. The fraction of sp³-hybridized carbons (Fsp3) is 0.421. The number of hydrogen-bond acceptors (Lipinski definition) is 6. The van der Waals surface area contributed by atoms with Gasteiger partial charge in [-0.3, -0.25) is 0 Å². The summed E-state index contributed by atoms with van der Waals surface area (Å²) < 4.78 is 0. The van der Waals surface area contributed by atoms with Crippen LogP contribution in [0.5, 0.6) is 0 Å². The number of rotatable bonds is 9. The van der Waals surface area contributed by atoms with Gasteiger partial charge in [0.1, 0.15) is 5.82 Å². The number of aliphatic hydroxyl groups excluding tert-OH is 1. The average Bonchev–Trinajstić information content (AvgIpc) is 2.59. The third kappa shape index (κ3) is 5.16. The highest BCUT2D eigenvalue weighted by Gasteiger charge is 2.15. The van der Waals surface area contributed by atoms with Gasteiger partial charge in [0.2, 0.25) is 5.95 Å². The number of benzene rings is 1. The second-order valence-electron chi connectivity index (χ2n) is 6.32. The van der Waals surface area contributed by atoms with Gasteiger partial charge < -0.3 is 21.3 Å². The maximum Gasteiger partial charge on any atom is 0.335 e. The van der Waals surface area contributed by atoms with E-state index in [4.69, 9.17) is 10.8 Å². The molecule has 0 bridgehead atoms. The maximum absolute atomic E-state index is 11.0. The van der Waals surface area contributed by atoms with E-state index in [0.717, 1.165) is 29.7 Å². The average molecular weight is 358 g/mol. The number of carboxylic acid groups (broad SMARTS) is 1. The summed E-state index contributed by atoms with van der Waals surface area (Å²) in [6.45, 7) is 4.07. The molecule has 5 N–H and O–H groups in total. The molecule has 1 atom stereocenters. The lowest BCUT2D eigenvalue weighted by Gasteiger charge is -2.21. The minimum Gasteiger partial charge on any atom is -0.478 e. The molecule has 0 saturated heterocycles. The van der Waals surface area contributed by atoms with Crippen molar-refractivity contribution in [3.05, 3.63) is 46.6 Å². The first-order chi connectivity index (χ1) is 12.4. The van der Waals surface area contributed by atoms with Gasteiger partial charge in [0, 0.05) is 30.3 Å². The summed E-state index contributed by atoms with van der Waals surface area (Å²) in [6, 6.07) is 6.86. The van der Waals surface area contributed by atoms with Crippen molar-refractivity contribution in [1.29, 1.82) is 0 Å². The maximum atomic E-state index is 11.0. The van der Waals surface area contributed by atoms with Crippen LogP contribution in [0.15, 0.2) is 24.3 Å². The number of anilines is 2. The normalized spacial score (nSPS) is 12.0. The number of carboxylic acids is 1. The van der Waals surface area contributed by atoms with Gasteiger partial charge in [-0.1, -0.05) is 25.5 Å². The lowest BCUT2D eigenvalue weighted by molar-refractivity contribution is 0.0697. The summed E-state index contributed by atoms with van der Waals surface area (Å²) >= 11 is 0. The zero-order valence-electron chi connectivity index (χ0n) is 15.2. The van der Waals surface area contributed by atoms with Gasteiger partial charge in [-0.25, -0.2) is 9.78 Å². The number of aliphatic hydroxyl groups is 1. The first kappa shape index (κ1) is 19.7. The highest BCUT2D eigenvalue weighted by molar-refractivity contribution is 5.87. The zero-order chi connectivity index (χ0) is 19.1. The topological polar surface area (TPSA) is 121 Å². The van der Waals surface area contributed by atoms with Crippen LogP contribution in [0.2, 0.25) is 0 Å². The van der Waals surface area contributed by atoms with Crippen molar-refractivity contribution >= 4 is 17.7 Å². The first-order valence-electron chi connectivity index (χ1n) is 8.77. The molecule has 26 heavy (non-hydrogen) atoms. The lowest BCUT2D eigenvalue weighted by atomic mass is 10.0. The number of aromatic carboxylic acids is 1. The number of aromatic nitrogens is 2. The van der Waals surface area contributed by atoms with E-state index in [1.54, 1.807) is 24.3 Å². The van der Waals surface area contributed by atoms with Crippen LogP contribution >= 0.6 is 0 Å². The van der Waals surface area contributed by atoms with Crippen molar-refractivity contribution in [2.45, 2.75) is 45.6 Å². The van der Waals surface area contributed by atoms with Crippen molar-refractivity contribution in [1.82, 2.24) is 9.97 Å². The number of nitrogens with one attached hydrogen (secondary N) is 1. The molecule has 140 valence electrons. The minimum atomic E-state index is -0.947. The summed E-state index contributed by atoms with van der Waals surface area (Å²) in [5, 5.41) is 21.7. The largest absolute Gasteiger partial charge is 0.478 e. The van der Waals surface area contributed by atoms with Gasteiger partial charge in [0.15, 0.2) is 0 Å². The smallest absolute Gasteiger partial charge is 0.335 e. The van der Waals surface area contributed by atoms with Crippen molar-refractivity contribution in [3.8, 4) is 0 Å². The Morgan fingerprint density at radius 1 is 1.23 bits per heavy atom. The molecule has 0 aliphatic heterocycles. The highest BCUT2D eigenvalue weighted by Crippen LogP contribution is 2.23. The molecule has 0 radical (unpaired) electrons. The third-order valence-corrected chi connectivity index (χ3v) is 4.27. The van der Waals surface area contributed by atoms with Crippen molar-refractivity contribution < 1.29 is 15.0 Å². The molecule has 1 aromatic heterocycles. The van der Waals surface area contributed by atoms with Crippen molar-refractivity contribution in [2.24, 2.45) is 0 Å². The Labute approximate surface area is 153 Å². The molecule has 0 amide bonds. The summed E-state index contributed by atoms with van der Waals surface area (Å²) in [4.78, 5) is 19.6. The minimum absolute atomic E-state index is 0.100. The van der Waals surface area contributed by atoms with Gasteiger partial charge in [0.25, 0.3) is 0 Å². The second kappa shape index (κ2) is 9.15. The van der Waals surface area contributed by atoms with Gasteiger partial charge in [-0.2, -0.15) is 4.98 Å². The second-order valence-corrected chi connectivity index (χ2v) is 6.32. The third-order valence-electron chi connectivity index (χ3n) is 4.27. The number of nitrogens with zero attached hydrogens (tertiary/aromatic N) is 2. The zero-order valence-corrected chi connectivity index (χ0v) is 15.2. The molecule has 2 aromatic rings. The molecular weight excluding hydrogens is 332 g/mol. The van der Waals surface area contributed by atoms with Crippen LogP contribution in [0.1, 0.15) is 53.4 Å². The molecule has 1 unspecified atom stereocenters. The van der Waals surface area contributed by atoms with Gasteiger partial charge >= 0.3 is 5.97 Å². The Bertz CT molecular complexity index is 741. The van der Waals surface area contributed by atoms with Crippen LogP contribution in [0.3, 0.4) is 0 Å². The van der Waals surface area contributed by atoms with E-state index in [0.29, 0.717) is 18.7 Å². The highest BCUT2D eigenvalue weighted by atomic mass is 16.4. The SMILES string of the molecule is CCCC(CCO)Nc1nc(N)nc(C)c1Cc1ccc(C(=O)O)cc1. The van der Waals surface area contributed by atoms with Crippen LogP contribution in [0, 0.1) is 6.92 Å². The molecule has 1 aromatic carbocycles. The summed E-state index contributed by atoms with van der Waals surface area (Å²) in [5.74, 6) is -0.0734. The molecule has 7 nitrogen and oxygen atoms in total. The number of nitrogen functional groups attached to an aromatic ring is 1. The van der Waals surface area contributed by atoms with E-state index < -0.39 is 5.97 Å². The Morgan fingerprint density at radius 3 is 2.50 bits per heavy atom.